The largest absolute Gasteiger partial charge is 0.463 e. The Hall–Kier alpha value is -2.35. The van der Waals surface area contributed by atoms with Gasteiger partial charge in [0.1, 0.15) is 0 Å². The minimum absolute atomic E-state index is 0.288. The van der Waals surface area contributed by atoms with Crippen molar-refractivity contribution in [1.29, 1.82) is 0 Å². The second-order valence-electron chi connectivity index (χ2n) is 5.00. The summed E-state index contributed by atoms with van der Waals surface area (Å²) in [7, 11) is 0. The van der Waals surface area contributed by atoms with Crippen LogP contribution >= 0.6 is 0 Å². The third-order valence-corrected chi connectivity index (χ3v) is 3.19. The average molecular weight is 280 g/mol. The molecule has 0 heterocycles. The number of benzene rings is 2. The Morgan fingerprint density at radius 2 is 1.76 bits per heavy atom. The lowest BCUT2D eigenvalue weighted by Gasteiger charge is -2.02. The summed E-state index contributed by atoms with van der Waals surface area (Å²) < 4.78 is 5.18. The molecule has 0 atom stereocenters. The Bertz CT molecular complexity index is 583. The van der Waals surface area contributed by atoms with E-state index in [1.54, 1.807) is 6.08 Å². The molecule has 0 amide bonds. The first-order valence-electron chi connectivity index (χ1n) is 7.19. The molecule has 0 aliphatic rings. The summed E-state index contributed by atoms with van der Waals surface area (Å²) in [6.07, 6.45) is 5.02. The summed E-state index contributed by atoms with van der Waals surface area (Å²) in [6, 6.07) is 18.2. The zero-order chi connectivity index (χ0) is 14.9. The van der Waals surface area contributed by atoms with Gasteiger partial charge in [0.25, 0.3) is 0 Å². The Morgan fingerprint density at radius 1 is 1.05 bits per heavy atom. The van der Waals surface area contributed by atoms with Crippen LogP contribution in [0.4, 0.5) is 0 Å². The normalized spacial score (nSPS) is 10.7. The third-order valence-electron chi connectivity index (χ3n) is 3.19. The van der Waals surface area contributed by atoms with Crippen molar-refractivity contribution in [2.24, 2.45) is 0 Å². The SMILES string of the molecule is Cc1ccc(/C=C/C(=O)OCCCc2ccccc2)cc1. The molecule has 2 aromatic rings. The summed E-state index contributed by atoms with van der Waals surface area (Å²) in [5, 5.41) is 0. The van der Waals surface area contributed by atoms with E-state index in [4.69, 9.17) is 4.74 Å². The second-order valence-corrected chi connectivity index (χ2v) is 5.00. The van der Waals surface area contributed by atoms with Gasteiger partial charge in [0.2, 0.25) is 0 Å². The molecule has 0 fully saturated rings. The van der Waals surface area contributed by atoms with Gasteiger partial charge in [-0.15, -0.1) is 0 Å². The number of carbonyl (C=O) groups excluding carboxylic acids is 1. The maximum Gasteiger partial charge on any atom is 0.330 e. The van der Waals surface area contributed by atoms with Crippen LogP contribution in [0.25, 0.3) is 6.08 Å². The molecule has 2 rings (SSSR count). The highest BCUT2D eigenvalue weighted by molar-refractivity contribution is 5.87. The molecule has 0 bridgehead atoms. The molecule has 0 aliphatic heterocycles. The molecule has 0 spiro atoms. The molecule has 0 N–H and O–H groups in total. The molecule has 108 valence electrons. The number of rotatable bonds is 6. The fourth-order valence-corrected chi connectivity index (χ4v) is 1.98. The van der Waals surface area contributed by atoms with Gasteiger partial charge in [0.15, 0.2) is 0 Å². The predicted octanol–water partition coefficient (Wildman–Crippen LogP) is 4.18. The Morgan fingerprint density at radius 3 is 2.48 bits per heavy atom. The van der Waals surface area contributed by atoms with Gasteiger partial charge in [-0.25, -0.2) is 4.79 Å². The van der Waals surface area contributed by atoms with Gasteiger partial charge >= 0.3 is 5.97 Å². The summed E-state index contributed by atoms with van der Waals surface area (Å²) in [6.45, 7) is 2.49. The van der Waals surface area contributed by atoms with E-state index in [1.165, 1.54) is 17.2 Å². The zero-order valence-corrected chi connectivity index (χ0v) is 12.3. The Balaban J connectivity index is 1.69. The van der Waals surface area contributed by atoms with Gasteiger partial charge in [-0.3, -0.25) is 0 Å². The van der Waals surface area contributed by atoms with E-state index in [9.17, 15) is 4.79 Å². The predicted molar refractivity (Wildman–Crippen MR) is 85.9 cm³/mol. The molecule has 0 unspecified atom stereocenters. The number of aryl methyl sites for hydroxylation is 2. The van der Waals surface area contributed by atoms with E-state index in [0.717, 1.165) is 18.4 Å². The van der Waals surface area contributed by atoms with Crippen LogP contribution in [0.15, 0.2) is 60.7 Å². The van der Waals surface area contributed by atoms with E-state index in [2.05, 4.69) is 12.1 Å². The number of ether oxygens (including phenoxy) is 1. The fourth-order valence-electron chi connectivity index (χ4n) is 1.98. The average Bonchev–Trinajstić information content (AvgIpc) is 2.52. The van der Waals surface area contributed by atoms with Crippen molar-refractivity contribution in [3.63, 3.8) is 0 Å². The molecule has 2 heteroatoms. The first-order chi connectivity index (χ1) is 10.2. The molecule has 0 radical (unpaired) electrons. The van der Waals surface area contributed by atoms with Crippen molar-refractivity contribution < 1.29 is 9.53 Å². The number of esters is 1. The summed E-state index contributed by atoms with van der Waals surface area (Å²) >= 11 is 0. The van der Waals surface area contributed by atoms with Crippen LogP contribution in [-0.4, -0.2) is 12.6 Å². The molecule has 0 aliphatic carbocycles. The van der Waals surface area contributed by atoms with Gasteiger partial charge in [0.05, 0.1) is 6.61 Å². The molecule has 2 aromatic carbocycles. The number of hydrogen-bond acceptors (Lipinski definition) is 2. The van der Waals surface area contributed by atoms with Gasteiger partial charge in [0, 0.05) is 6.08 Å². The fraction of sp³-hybridized carbons (Fsp3) is 0.211. The van der Waals surface area contributed by atoms with Gasteiger partial charge in [-0.1, -0.05) is 60.2 Å². The monoisotopic (exact) mass is 280 g/mol. The minimum atomic E-state index is -0.288. The highest BCUT2D eigenvalue weighted by Gasteiger charge is 1.98. The molecule has 0 saturated heterocycles. The molecule has 0 saturated carbocycles. The topological polar surface area (TPSA) is 26.3 Å². The third kappa shape index (κ3) is 5.65. The molecular formula is C19H20O2. The number of hydrogen-bond donors (Lipinski definition) is 0. The van der Waals surface area contributed by atoms with Crippen LogP contribution < -0.4 is 0 Å². The van der Waals surface area contributed by atoms with Crippen molar-refractivity contribution in [2.45, 2.75) is 19.8 Å². The van der Waals surface area contributed by atoms with Crippen LogP contribution in [0.1, 0.15) is 23.1 Å². The van der Waals surface area contributed by atoms with E-state index < -0.39 is 0 Å². The van der Waals surface area contributed by atoms with E-state index in [-0.39, 0.29) is 5.97 Å². The quantitative estimate of drug-likeness (QED) is 0.450. The highest BCUT2D eigenvalue weighted by Crippen LogP contribution is 2.06. The standard InChI is InChI=1S/C19H20O2/c1-16-9-11-18(12-10-16)13-14-19(20)21-15-5-8-17-6-3-2-4-7-17/h2-4,6-7,9-14H,5,8,15H2,1H3/b14-13+. The van der Waals surface area contributed by atoms with Crippen LogP contribution in [-0.2, 0) is 16.0 Å². The van der Waals surface area contributed by atoms with Gasteiger partial charge in [-0.05, 0) is 37.0 Å². The number of carbonyl (C=O) groups is 1. The zero-order valence-electron chi connectivity index (χ0n) is 12.3. The maximum atomic E-state index is 11.6. The van der Waals surface area contributed by atoms with Crippen molar-refractivity contribution in [1.82, 2.24) is 0 Å². The van der Waals surface area contributed by atoms with E-state index in [1.807, 2.05) is 49.4 Å². The highest BCUT2D eigenvalue weighted by atomic mass is 16.5. The molecule has 0 aromatic heterocycles. The molecule has 2 nitrogen and oxygen atoms in total. The summed E-state index contributed by atoms with van der Waals surface area (Å²) in [4.78, 5) is 11.6. The first kappa shape index (κ1) is 15.0. The molecule has 21 heavy (non-hydrogen) atoms. The minimum Gasteiger partial charge on any atom is -0.463 e. The smallest absolute Gasteiger partial charge is 0.330 e. The van der Waals surface area contributed by atoms with Crippen LogP contribution in [0.2, 0.25) is 0 Å². The lowest BCUT2D eigenvalue weighted by molar-refractivity contribution is -0.137. The second kappa shape index (κ2) is 8.05. The van der Waals surface area contributed by atoms with Crippen molar-refractivity contribution >= 4 is 12.0 Å². The first-order valence-corrected chi connectivity index (χ1v) is 7.19. The van der Waals surface area contributed by atoms with Gasteiger partial charge in [-0.2, -0.15) is 0 Å². The lowest BCUT2D eigenvalue weighted by Crippen LogP contribution is -2.03. The van der Waals surface area contributed by atoms with Crippen molar-refractivity contribution in [3.8, 4) is 0 Å². The molecular weight excluding hydrogens is 260 g/mol. The summed E-state index contributed by atoms with van der Waals surface area (Å²) in [5.41, 5.74) is 3.47. The Kier molecular flexibility index (Phi) is 5.77. The van der Waals surface area contributed by atoms with E-state index >= 15 is 0 Å². The van der Waals surface area contributed by atoms with Crippen LogP contribution in [0.5, 0.6) is 0 Å². The summed E-state index contributed by atoms with van der Waals surface area (Å²) in [5.74, 6) is -0.288. The Labute approximate surface area is 126 Å². The van der Waals surface area contributed by atoms with Crippen LogP contribution in [0.3, 0.4) is 0 Å². The van der Waals surface area contributed by atoms with Crippen LogP contribution in [0, 0.1) is 6.92 Å². The van der Waals surface area contributed by atoms with Crippen molar-refractivity contribution in [3.05, 3.63) is 77.4 Å². The van der Waals surface area contributed by atoms with Gasteiger partial charge < -0.3 is 4.74 Å². The van der Waals surface area contributed by atoms with E-state index in [0.29, 0.717) is 6.61 Å². The van der Waals surface area contributed by atoms with Crippen molar-refractivity contribution in [2.75, 3.05) is 6.61 Å². The maximum absolute atomic E-state index is 11.6. The lowest BCUT2D eigenvalue weighted by atomic mass is 10.1.